The molecule has 8 heteroatoms. The van der Waals surface area contributed by atoms with Crippen LogP contribution in [0.25, 0.3) is 0 Å². The third-order valence-electron chi connectivity index (χ3n) is 5.98. The summed E-state index contributed by atoms with van der Waals surface area (Å²) in [6.45, 7) is 9.10. The lowest BCUT2D eigenvalue weighted by atomic mass is 10.1. The van der Waals surface area contributed by atoms with E-state index in [2.05, 4.69) is 42.3 Å². The van der Waals surface area contributed by atoms with Crippen LogP contribution < -0.4 is 19.9 Å². The molecule has 0 bridgehead atoms. The molecule has 2 aromatic rings. The number of nitrogens with zero attached hydrogens (tertiary/aromatic N) is 2. The number of carbonyl (C=O) groups is 1. The maximum absolute atomic E-state index is 12.4. The number of non-ortho nitro benzene ring substituents is 1. The van der Waals surface area contributed by atoms with Crippen LogP contribution in [0.2, 0.25) is 0 Å². The number of para-hydroxylation sites is 1. The van der Waals surface area contributed by atoms with Crippen LogP contribution in [-0.2, 0) is 4.79 Å². The number of benzene rings is 2. The minimum Gasteiger partial charge on any atom is -0.478 e. The van der Waals surface area contributed by atoms with Crippen LogP contribution >= 0.6 is 0 Å². The van der Waals surface area contributed by atoms with Crippen LogP contribution in [0.15, 0.2) is 36.4 Å². The molecule has 0 aliphatic carbocycles. The molecule has 2 heterocycles. The van der Waals surface area contributed by atoms with E-state index in [0.717, 1.165) is 32.7 Å². The van der Waals surface area contributed by atoms with E-state index in [-0.39, 0.29) is 11.6 Å². The van der Waals surface area contributed by atoms with Gasteiger partial charge in [-0.25, -0.2) is 0 Å². The van der Waals surface area contributed by atoms with E-state index in [9.17, 15) is 14.9 Å². The molecule has 1 fully saturated rings. The zero-order chi connectivity index (χ0) is 21.3. The summed E-state index contributed by atoms with van der Waals surface area (Å²) in [5, 5.41) is 13.8. The molecule has 2 aromatic carbocycles. The summed E-state index contributed by atoms with van der Waals surface area (Å²) in [7, 11) is 0. The summed E-state index contributed by atoms with van der Waals surface area (Å²) in [5.74, 6) is 0.175. The molecule has 2 aliphatic rings. The van der Waals surface area contributed by atoms with Gasteiger partial charge in [0, 0.05) is 18.2 Å². The average molecular weight is 411 g/mol. The van der Waals surface area contributed by atoms with Crippen molar-refractivity contribution in [3.8, 4) is 5.75 Å². The number of hydrogen-bond donors (Lipinski definition) is 2. The maximum Gasteiger partial charge on any atom is 0.273 e. The van der Waals surface area contributed by atoms with E-state index in [4.69, 9.17) is 4.74 Å². The lowest BCUT2D eigenvalue weighted by Crippen LogP contribution is -3.15. The van der Waals surface area contributed by atoms with E-state index in [1.165, 1.54) is 39.9 Å². The lowest BCUT2D eigenvalue weighted by molar-refractivity contribution is -0.901. The van der Waals surface area contributed by atoms with Crippen molar-refractivity contribution in [1.82, 2.24) is 0 Å². The normalized spacial score (nSPS) is 19.1. The van der Waals surface area contributed by atoms with Crippen LogP contribution in [0, 0.1) is 24.0 Å². The molecule has 30 heavy (non-hydrogen) atoms. The van der Waals surface area contributed by atoms with Gasteiger partial charge in [-0.15, -0.1) is 0 Å². The summed E-state index contributed by atoms with van der Waals surface area (Å²) >= 11 is 0. The quantitative estimate of drug-likeness (QED) is 0.578. The predicted molar refractivity (Wildman–Crippen MR) is 114 cm³/mol. The molecule has 1 atom stereocenters. The van der Waals surface area contributed by atoms with Crippen molar-refractivity contribution in [2.45, 2.75) is 26.4 Å². The number of quaternary nitrogens is 1. The Morgan fingerprint density at radius 2 is 1.90 bits per heavy atom. The second-order valence-electron chi connectivity index (χ2n) is 8.05. The summed E-state index contributed by atoms with van der Waals surface area (Å²) < 4.78 is 5.81. The molecule has 0 spiro atoms. The number of anilines is 2. The first-order valence-corrected chi connectivity index (χ1v) is 10.3. The minimum absolute atomic E-state index is 0.0445. The second-order valence-corrected chi connectivity index (χ2v) is 8.05. The molecule has 8 nitrogen and oxygen atoms in total. The molecule has 2 N–H and O–H groups in total. The van der Waals surface area contributed by atoms with Gasteiger partial charge in [0.1, 0.15) is 0 Å². The van der Waals surface area contributed by atoms with E-state index in [0.29, 0.717) is 17.9 Å². The van der Waals surface area contributed by atoms with Crippen molar-refractivity contribution in [2.24, 2.45) is 0 Å². The van der Waals surface area contributed by atoms with E-state index < -0.39 is 11.0 Å². The van der Waals surface area contributed by atoms with Gasteiger partial charge in [0.2, 0.25) is 0 Å². The maximum atomic E-state index is 12.4. The number of hydrogen-bond acceptors (Lipinski definition) is 5. The van der Waals surface area contributed by atoms with E-state index in [1.807, 2.05) is 0 Å². The largest absolute Gasteiger partial charge is 0.478 e. The van der Waals surface area contributed by atoms with Gasteiger partial charge in [0.15, 0.2) is 11.9 Å². The highest BCUT2D eigenvalue weighted by atomic mass is 16.6. The number of aryl methyl sites for hydroxylation is 2. The standard InChI is InChI=1S/C22H26N4O4/c1-15-4-3-5-16(2)21(15)25-12-10-24(11-13-25)9-8-19-22(27)23-18-7-6-17(26(28)29)14-20(18)30-19/h3-7,14,19H,8-13H2,1-2H3,(H,23,27)/p+1/t19-/m0/s1. The molecular weight excluding hydrogens is 384 g/mol. The monoisotopic (exact) mass is 411 g/mol. The summed E-state index contributed by atoms with van der Waals surface area (Å²) in [6.07, 6.45) is -0.0455. The number of ether oxygens (including phenoxy) is 1. The number of nitrogens with one attached hydrogen (secondary N) is 2. The fourth-order valence-corrected chi connectivity index (χ4v) is 4.37. The first-order chi connectivity index (χ1) is 14.4. The SMILES string of the molecule is Cc1cccc(C)c1N1CC[NH+](CC[C@@H]2Oc3cc([N+](=O)[O-])ccc3NC2=O)CC1. The first kappa shape index (κ1) is 20.2. The molecule has 0 saturated carbocycles. The summed E-state index contributed by atoms with van der Waals surface area (Å²) in [6, 6.07) is 10.7. The number of amides is 1. The van der Waals surface area contributed by atoms with E-state index in [1.54, 1.807) is 0 Å². The van der Waals surface area contributed by atoms with Crippen molar-refractivity contribution in [1.29, 1.82) is 0 Å². The van der Waals surface area contributed by atoms with Gasteiger partial charge in [-0.05, 0) is 31.0 Å². The van der Waals surface area contributed by atoms with Gasteiger partial charge >= 0.3 is 0 Å². The third-order valence-corrected chi connectivity index (χ3v) is 5.98. The van der Waals surface area contributed by atoms with Gasteiger partial charge < -0.3 is 19.9 Å². The van der Waals surface area contributed by atoms with Crippen LogP contribution in [0.1, 0.15) is 17.5 Å². The van der Waals surface area contributed by atoms with E-state index >= 15 is 0 Å². The van der Waals surface area contributed by atoms with Crippen LogP contribution in [0.5, 0.6) is 5.75 Å². The highest BCUT2D eigenvalue weighted by molar-refractivity contribution is 5.97. The fraction of sp³-hybridized carbons (Fsp3) is 0.409. The Morgan fingerprint density at radius 1 is 1.20 bits per heavy atom. The predicted octanol–water partition coefficient (Wildman–Crippen LogP) is 1.71. The molecule has 0 unspecified atom stereocenters. The van der Waals surface area contributed by atoms with Gasteiger partial charge in [0.05, 0.1) is 49.4 Å². The van der Waals surface area contributed by atoms with Crippen LogP contribution in [-0.4, -0.2) is 49.7 Å². The van der Waals surface area contributed by atoms with Crippen molar-refractivity contribution >= 4 is 23.0 Å². The third kappa shape index (κ3) is 4.09. The van der Waals surface area contributed by atoms with Gasteiger partial charge in [-0.1, -0.05) is 18.2 Å². The number of fused-ring (bicyclic) bond motifs is 1. The molecule has 0 aromatic heterocycles. The summed E-state index contributed by atoms with van der Waals surface area (Å²) in [4.78, 5) is 26.8. The Balaban J connectivity index is 1.33. The smallest absolute Gasteiger partial charge is 0.273 e. The molecule has 1 amide bonds. The van der Waals surface area contributed by atoms with Crippen molar-refractivity contribution in [3.05, 3.63) is 57.6 Å². The Bertz CT molecular complexity index is 949. The van der Waals surface area contributed by atoms with Gasteiger partial charge in [-0.3, -0.25) is 14.9 Å². The Kier molecular flexibility index (Phi) is 5.59. The number of piperazine rings is 1. The van der Waals surface area contributed by atoms with Crippen LogP contribution in [0.4, 0.5) is 17.1 Å². The molecule has 4 rings (SSSR count). The number of nitro groups is 1. The minimum atomic E-state index is -0.622. The van der Waals surface area contributed by atoms with Crippen LogP contribution in [0.3, 0.4) is 0 Å². The second kappa shape index (κ2) is 8.31. The van der Waals surface area contributed by atoms with Crippen molar-refractivity contribution in [2.75, 3.05) is 42.9 Å². The molecule has 2 aliphatic heterocycles. The number of rotatable bonds is 5. The lowest BCUT2D eigenvalue weighted by Gasteiger charge is -2.36. The zero-order valence-corrected chi connectivity index (χ0v) is 17.3. The fourth-order valence-electron chi connectivity index (χ4n) is 4.37. The first-order valence-electron chi connectivity index (χ1n) is 10.3. The Morgan fingerprint density at radius 3 is 2.57 bits per heavy atom. The average Bonchev–Trinajstić information content (AvgIpc) is 2.72. The number of carbonyl (C=O) groups excluding carboxylic acids is 1. The Labute approximate surface area is 175 Å². The highest BCUT2D eigenvalue weighted by Gasteiger charge is 2.31. The van der Waals surface area contributed by atoms with Gasteiger partial charge in [0.25, 0.3) is 11.6 Å². The molecular formula is C22H27N4O4+. The number of nitro benzene ring substituents is 1. The van der Waals surface area contributed by atoms with Crippen molar-refractivity contribution in [3.63, 3.8) is 0 Å². The molecule has 0 radical (unpaired) electrons. The Hall–Kier alpha value is -3.13. The molecule has 158 valence electrons. The summed E-state index contributed by atoms with van der Waals surface area (Å²) in [5.41, 5.74) is 4.38. The topological polar surface area (TPSA) is 89.2 Å². The van der Waals surface area contributed by atoms with Gasteiger partial charge in [-0.2, -0.15) is 0 Å². The van der Waals surface area contributed by atoms with Crippen molar-refractivity contribution < 1.29 is 19.4 Å². The highest BCUT2D eigenvalue weighted by Crippen LogP contribution is 2.33. The zero-order valence-electron chi connectivity index (χ0n) is 17.3. The molecule has 1 saturated heterocycles.